The zero-order chi connectivity index (χ0) is 45.7. The smallest absolute Gasteiger partial charge is 0.306 e. The lowest BCUT2D eigenvalue weighted by molar-refractivity contribution is -0.150. The standard InChI is InChI=1S/C53H98N4O6/c1-4-7-10-13-16-17-18-24-34-45-62-51(59)38-29-25-33-44-57(47-49(58)35-30-31-41-54-53(61)48-40-42-55-56-46-48)43-32-23-19-22-28-39-52(60)63-50(36-26-20-14-11-8-5-2)37-27-21-15-12-9-6-3/h40,42,46,49-50,58H,4-39,41,43-45,47H2,1-3H3,(H,54,61). The van der Waals surface area contributed by atoms with Crippen molar-refractivity contribution in [3.8, 4) is 0 Å². The van der Waals surface area contributed by atoms with Gasteiger partial charge in [0.15, 0.2) is 0 Å². The molecule has 1 aromatic rings. The Bertz CT molecular complexity index is 1160. The third-order valence-corrected chi connectivity index (χ3v) is 12.3. The van der Waals surface area contributed by atoms with Gasteiger partial charge in [-0.2, -0.15) is 10.2 Å². The van der Waals surface area contributed by atoms with Gasteiger partial charge < -0.3 is 24.8 Å². The van der Waals surface area contributed by atoms with Crippen molar-refractivity contribution in [3.63, 3.8) is 0 Å². The molecule has 0 radical (unpaired) electrons. The SMILES string of the molecule is CCCCCCCCCCCOC(=O)CCCCCN(CCCCCCCC(=O)OC(CCCCCCCC)CCCCCCCC)CC(O)CCCCNC(=O)c1ccnnc1. The molecule has 1 rings (SSSR count). The predicted octanol–water partition coefficient (Wildman–Crippen LogP) is 13.4. The molecule has 0 bridgehead atoms. The molecule has 0 fully saturated rings. The summed E-state index contributed by atoms with van der Waals surface area (Å²) in [5.41, 5.74) is 0.496. The van der Waals surface area contributed by atoms with Gasteiger partial charge in [0.05, 0.1) is 30.7 Å². The zero-order valence-electron chi connectivity index (χ0n) is 41.2. The van der Waals surface area contributed by atoms with Gasteiger partial charge in [-0.15, -0.1) is 0 Å². The largest absolute Gasteiger partial charge is 0.466 e. The first-order chi connectivity index (χ1) is 30.9. The first-order valence-corrected chi connectivity index (χ1v) is 26.7. The van der Waals surface area contributed by atoms with Crippen molar-refractivity contribution < 1.29 is 29.0 Å². The molecular weight excluding hydrogens is 789 g/mol. The van der Waals surface area contributed by atoms with E-state index >= 15 is 0 Å². The molecule has 1 amide bonds. The quantitative estimate of drug-likeness (QED) is 0.0485. The fourth-order valence-electron chi connectivity index (χ4n) is 8.32. The van der Waals surface area contributed by atoms with Crippen LogP contribution in [0.15, 0.2) is 18.5 Å². The van der Waals surface area contributed by atoms with Crippen LogP contribution in [-0.2, 0) is 19.1 Å². The summed E-state index contributed by atoms with van der Waals surface area (Å²) < 4.78 is 11.6. The molecule has 0 aromatic carbocycles. The van der Waals surface area contributed by atoms with Gasteiger partial charge >= 0.3 is 11.9 Å². The number of esters is 2. The molecule has 0 saturated heterocycles. The molecule has 63 heavy (non-hydrogen) atoms. The minimum absolute atomic E-state index is 0.0161. The third kappa shape index (κ3) is 38.4. The average molecular weight is 887 g/mol. The highest BCUT2D eigenvalue weighted by Gasteiger charge is 2.15. The molecule has 1 aromatic heterocycles. The van der Waals surface area contributed by atoms with Crippen LogP contribution in [0.3, 0.4) is 0 Å². The van der Waals surface area contributed by atoms with Crippen LogP contribution in [0.25, 0.3) is 0 Å². The van der Waals surface area contributed by atoms with Crippen molar-refractivity contribution in [3.05, 3.63) is 24.0 Å². The number of nitrogens with one attached hydrogen (secondary N) is 1. The van der Waals surface area contributed by atoms with Crippen LogP contribution in [0, 0.1) is 0 Å². The minimum atomic E-state index is -0.432. The lowest BCUT2D eigenvalue weighted by atomic mass is 10.0. The monoisotopic (exact) mass is 887 g/mol. The van der Waals surface area contributed by atoms with Crippen LogP contribution in [-0.4, -0.2) is 83.0 Å². The normalized spacial score (nSPS) is 12.0. The van der Waals surface area contributed by atoms with Crippen LogP contribution in [0.1, 0.15) is 262 Å². The molecule has 2 N–H and O–H groups in total. The predicted molar refractivity (Wildman–Crippen MR) is 261 cm³/mol. The van der Waals surface area contributed by atoms with E-state index in [0.717, 1.165) is 116 Å². The molecule has 10 nitrogen and oxygen atoms in total. The average Bonchev–Trinajstić information content (AvgIpc) is 3.28. The summed E-state index contributed by atoms with van der Waals surface area (Å²) in [6.45, 7) is 10.3. The van der Waals surface area contributed by atoms with E-state index in [0.29, 0.717) is 44.5 Å². The number of rotatable bonds is 47. The number of nitrogens with zero attached hydrogens (tertiary/aromatic N) is 3. The topological polar surface area (TPSA) is 131 Å². The van der Waals surface area contributed by atoms with Gasteiger partial charge in [0, 0.05) is 25.9 Å². The molecule has 0 aliphatic carbocycles. The van der Waals surface area contributed by atoms with Gasteiger partial charge in [0.2, 0.25) is 0 Å². The van der Waals surface area contributed by atoms with Gasteiger partial charge in [-0.1, -0.05) is 162 Å². The van der Waals surface area contributed by atoms with Gasteiger partial charge in [-0.25, -0.2) is 0 Å². The van der Waals surface area contributed by atoms with Gasteiger partial charge in [-0.3, -0.25) is 14.4 Å². The van der Waals surface area contributed by atoms with Crippen LogP contribution in [0.2, 0.25) is 0 Å². The molecule has 0 spiro atoms. The zero-order valence-corrected chi connectivity index (χ0v) is 41.2. The molecule has 366 valence electrons. The van der Waals surface area contributed by atoms with Crippen molar-refractivity contribution in [2.75, 3.05) is 32.8 Å². The minimum Gasteiger partial charge on any atom is -0.466 e. The van der Waals surface area contributed by atoms with E-state index in [1.54, 1.807) is 6.07 Å². The maximum absolute atomic E-state index is 12.9. The number of amides is 1. The summed E-state index contributed by atoms with van der Waals surface area (Å²) in [6, 6.07) is 1.65. The van der Waals surface area contributed by atoms with Crippen molar-refractivity contribution >= 4 is 17.8 Å². The molecule has 0 aliphatic heterocycles. The van der Waals surface area contributed by atoms with E-state index in [9.17, 15) is 19.5 Å². The molecule has 1 heterocycles. The lowest BCUT2D eigenvalue weighted by Crippen LogP contribution is -2.34. The summed E-state index contributed by atoms with van der Waals surface area (Å²) in [5, 5.41) is 21.4. The highest BCUT2D eigenvalue weighted by molar-refractivity contribution is 5.93. The van der Waals surface area contributed by atoms with Crippen LogP contribution in [0.5, 0.6) is 0 Å². The van der Waals surface area contributed by atoms with E-state index in [-0.39, 0.29) is 23.9 Å². The number of aliphatic hydroxyl groups excluding tert-OH is 1. The van der Waals surface area contributed by atoms with E-state index in [2.05, 4.69) is 41.2 Å². The molecule has 10 heteroatoms. The molecule has 1 atom stereocenters. The number of aromatic nitrogens is 2. The second-order valence-electron chi connectivity index (χ2n) is 18.4. The highest BCUT2D eigenvalue weighted by Crippen LogP contribution is 2.19. The maximum atomic E-state index is 12.9. The van der Waals surface area contributed by atoms with Crippen LogP contribution < -0.4 is 5.32 Å². The maximum Gasteiger partial charge on any atom is 0.306 e. The van der Waals surface area contributed by atoms with Crippen LogP contribution >= 0.6 is 0 Å². The summed E-state index contributed by atoms with van der Waals surface area (Å²) in [7, 11) is 0. The van der Waals surface area contributed by atoms with Crippen molar-refractivity contribution in [2.45, 2.75) is 264 Å². The summed E-state index contributed by atoms with van der Waals surface area (Å²) >= 11 is 0. The van der Waals surface area contributed by atoms with Gasteiger partial charge in [-0.05, 0) is 96.2 Å². The second kappa shape index (κ2) is 44.6. The summed E-state index contributed by atoms with van der Waals surface area (Å²) in [5.74, 6) is -0.252. The Kier molecular flexibility index (Phi) is 41.4. The first-order valence-electron chi connectivity index (χ1n) is 26.7. The Labute approximate surface area is 387 Å². The molecule has 1 unspecified atom stereocenters. The highest BCUT2D eigenvalue weighted by atomic mass is 16.5. The number of aliphatic hydroxyl groups is 1. The third-order valence-electron chi connectivity index (χ3n) is 12.3. The lowest BCUT2D eigenvalue weighted by Gasteiger charge is -2.25. The Morgan fingerprint density at radius 3 is 1.60 bits per heavy atom. The molecule has 0 saturated carbocycles. The number of ether oxygens (including phenoxy) is 2. The number of hydrogen-bond acceptors (Lipinski definition) is 9. The van der Waals surface area contributed by atoms with Crippen molar-refractivity contribution in [2.24, 2.45) is 0 Å². The first kappa shape index (κ1) is 58.4. The van der Waals surface area contributed by atoms with Crippen molar-refractivity contribution in [1.82, 2.24) is 20.4 Å². The van der Waals surface area contributed by atoms with Gasteiger partial charge in [0.25, 0.3) is 5.91 Å². The Hall–Kier alpha value is -2.59. The van der Waals surface area contributed by atoms with Crippen molar-refractivity contribution in [1.29, 1.82) is 0 Å². The van der Waals surface area contributed by atoms with Gasteiger partial charge in [0.1, 0.15) is 6.10 Å². The van der Waals surface area contributed by atoms with Crippen LogP contribution in [0.4, 0.5) is 0 Å². The Morgan fingerprint density at radius 2 is 1.05 bits per heavy atom. The van der Waals surface area contributed by atoms with E-state index in [4.69, 9.17) is 9.47 Å². The fraction of sp³-hybridized carbons (Fsp3) is 0.868. The molecule has 0 aliphatic rings. The Morgan fingerprint density at radius 1 is 0.571 bits per heavy atom. The van der Waals surface area contributed by atoms with E-state index in [1.165, 1.54) is 122 Å². The number of carbonyl (C=O) groups excluding carboxylic acids is 3. The number of hydrogen-bond donors (Lipinski definition) is 2. The second-order valence-corrected chi connectivity index (χ2v) is 18.4. The molecular formula is C53H98N4O6. The van der Waals surface area contributed by atoms with E-state index < -0.39 is 6.10 Å². The van der Waals surface area contributed by atoms with E-state index in [1.807, 2.05) is 0 Å². The summed E-state index contributed by atoms with van der Waals surface area (Å²) in [4.78, 5) is 39.9. The summed E-state index contributed by atoms with van der Waals surface area (Å²) in [6.07, 6.45) is 42.3. The Balaban J connectivity index is 2.41. The fourth-order valence-corrected chi connectivity index (χ4v) is 8.32. The number of carbonyl (C=O) groups is 3. The number of unbranched alkanes of at least 4 members (excludes halogenated alkanes) is 25.